The fourth-order valence-corrected chi connectivity index (χ4v) is 2.47. The molecule has 1 saturated heterocycles. The van der Waals surface area contributed by atoms with Gasteiger partial charge in [0.15, 0.2) is 0 Å². The minimum atomic E-state index is 0.300. The fourth-order valence-electron chi connectivity index (χ4n) is 2.47. The number of rotatable bonds is 1. The maximum Gasteiger partial charge on any atom is 0.0125 e. The lowest BCUT2D eigenvalue weighted by molar-refractivity contribution is 0.0325. The Morgan fingerprint density at radius 1 is 0.938 bits per heavy atom. The van der Waals surface area contributed by atoms with Gasteiger partial charge in [0.1, 0.15) is 0 Å². The smallest absolute Gasteiger partial charge is 0.0125 e. The summed E-state index contributed by atoms with van der Waals surface area (Å²) in [6, 6.07) is 0.763. The molecule has 0 unspecified atom stereocenters. The second-order valence-electron chi connectivity index (χ2n) is 7.17. The highest BCUT2D eigenvalue weighted by Crippen LogP contribution is 2.25. The van der Waals surface area contributed by atoms with E-state index in [4.69, 9.17) is 0 Å². The number of likely N-dealkylation sites (tertiary alicyclic amines) is 1. The zero-order chi connectivity index (χ0) is 12.6. The minimum absolute atomic E-state index is 0.300. The molecule has 0 aromatic rings. The lowest BCUT2D eigenvalue weighted by Gasteiger charge is -2.46. The Bertz CT molecular complexity index is 214. The molecule has 1 aliphatic rings. The van der Waals surface area contributed by atoms with Gasteiger partial charge in [-0.3, -0.25) is 9.80 Å². The summed E-state index contributed by atoms with van der Waals surface area (Å²) in [5.41, 5.74) is 0.639. The topological polar surface area (TPSA) is 6.48 Å². The molecule has 0 radical (unpaired) electrons. The van der Waals surface area contributed by atoms with E-state index in [-0.39, 0.29) is 0 Å². The molecule has 0 N–H and O–H groups in total. The van der Waals surface area contributed by atoms with Crippen molar-refractivity contribution in [3.63, 3.8) is 0 Å². The van der Waals surface area contributed by atoms with Gasteiger partial charge in [0.25, 0.3) is 0 Å². The summed E-state index contributed by atoms with van der Waals surface area (Å²) in [5.74, 6) is 0. The molecule has 0 aromatic heterocycles. The Hall–Kier alpha value is -0.0800. The number of hydrogen-bond acceptors (Lipinski definition) is 2. The van der Waals surface area contributed by atoms with Crippen LogP contribution in [0.15, 0.2) is 0 Å². The summed E-state index contributed by atoms with van der Waals surface area (Å²) in [4.78, 5) is 5.16. The quantitative estimate of drug-likeness (QED) is 0.678. The van der Waals surface area contributed by atoms with Gasteiger partial charge in [-0.1, -0.05) is 0 Å². The lowest BCUT2D eigenvalue weighted by Crippen LogP contribution is -2.53. The van der Waals surface area contributed by atoms with Crippen LogP contribution < -0.4 is 0 Å². The second-order valence-corrected chi connectivity index (χ2v) is 7.17. The summed E-state index contributed by atoms with van der Waals surface area (Å²) in [7, 11) is 2.28. The molecule has 96 valence electrons. The van der Waals surface area contributed by atoms with Crippen molar-refractivity contribution in [1.29, 1.82) is 0 Å². The molecule has 0 atom stereocenters. The first kappa shape index (κ1) is 14.0. The number of hydrogen-bond donors (Lipinski definition) is 0. The molecule has 2 heteroatoms. The first-order valence-corrected chi connectivity index (χ1v) is 6.60. The third kappa shape index (κ3) is 3.46. The van der Waals surface area contributed by atoms with E-state index in [1.165, 1.54) is 25.9 Å². The molecule has 2 nitrogen and oxygen atoms in total. The van der Waals surface area contributed by atoms with Crippen molar-refractivity contribution in [3.05, 3.63) is 0 Å². The van der Waals surface area contributed by atoms with E-state index >= 15 is 0 Å². The molecule has 1 fully saturated rings. The van der Waals surface area contributed by atoms with Crippen LogP contribution in [0.1, 0.15) is 54.4 Å². The van der Waals surface area contributed by atoms with E-state index in [1.54, 1.807) is 0 Å². The number of piperidine rings is 1. The van der Waals surface area contributed by atoms with Crippen LogP contribution in [0.3, 0.4) is 0 Å². The van der Waals surface area contributed by atoms with Crippen LogP contribution in [-0.2, 0) is 0 Å². The van der Waals surface area contributed by atoms with Gasteiger partial charge in [-0.25, -0.2) is 0 Å². The van der Waals surface area contributed by atoms with Gasteiger partial charge in [0.05, 0.1) is 0 Å². The van der Waals surface area contributed by atoms with E-state index in [0.717, 1.165) is 6.04 Å². The van der Waals surface area contributed by atoms with Crippen molar-refractivity contribution in [2.45, 2.75) is 71.5 Å². The minimum Gasteiger partial charge on any atom is -0.298 e. The number of nitrogens with zero attached hydrogens (tertiary/aromatic N) is 2. The molecule has 0 aromatic carbocycles. The Labute approximate surface area is 102 Å². The van der Waals surface area contributed by atoms with Crippen LogP contribution in [0.4, 0.5) is 0 Å². The highest BCUT2D eigenvalue weighted by Gasteiger charge is 2.31. The second kappa shape index (κ2) is 4.66. The molecule has 0 saturated carbocycles. The van der Waals surface area contributed by atoms with Crippen molar-refractivity contribution in [2.24, 2.45) is 0 Å². The van der Waals surface area contributed by atoms with Gasteiger partial charge in [-0.05, 0) is 61.4 Å². The van der Waals surface area contributed by atoms with Crippen LogP contribution in [0.5, 0.6) is 0 Å². The first-order chi connectivity index (χ1) is 7.12. The standard InChI is InChI=1S/C14H30N2/c1-13(2,3)15(7)12-8-10-16(11-9-12)14(4,5)6/h12H,8-11H2,1-7H3. The normalized spacial score (nSPS) is 21.8. The highest BCUT2D eigenvalue weighted by atomic mass is 15.2. The largest absolute Gasteiger partial charge is 0.298 e. The zero-order valence-corrected chi connectivity index (χ0v) is 12.3. The Morgan fingerprint density at radius 3 is 1.69 bits per heavy atom. The van der Waals surface area contributed by atoms with Crippen molar-refractivity contribution < 1.29 is 0 Å². The van der Waals surface area contributed by atoms with E-state index in [1.807, 2.05) is 0 Å². The van der Waals surface area contributed by atoms with Gasteiger partial charge in [-0.2, -0.15) is 0 Å². The first-order valence-electron chi connectivity index (χ1n) is 6.60. The van der Waals surface area contributed by atoms with Gasteiger partial charge in [0.2, 0.25) is 0 Å². The van der Waals surface area contributed by atoms with Gasteiger partial charge in [-0.15, -0.1) is 0 Å². The average Bonchev–Trinajstić information content (AvgIpc) is 2.14. The third-order valence-corrected chi connectivity index (χ3v) is 4.02. The van der Waals surface area contributed by atoms with E-state index in [2.05, 4.69) is 58.4 Å². The van der Waals surface area contributed by atoms with Crippen LogP contribution in [0, 0.1) is 0 Å². The maximum atomic E-state index is 2.61. The molecule has 0 bridgehead atoms. The van der Waals surface area contributed by atoms with Crippen LogP contribution in [0.25, 0.3) is 0 Å². The predicted octanol–water partition coefficient (Wildman–Crippen LogP) is 2.98. The van der Waals surface area contributed by atoms with E-state index in [0.29, 0.717) is 11.1 Å². The zero-order valence-electron chi connectivity index (χ0n) is 12.3. The van der Waals surface area contributed by atoms with Gasteiger partial charge >= 0.3 is 0 Å². The average molecular weight is 226 g/mol. The summed E-state index contributed by atoms with van der Waals surface area (Å²) < 4.78 is 0. The molecule has 0 spiro atoms. The lowest BCUT2D eigenvalue weighted by atomic mass is 9.94. The van der Waals surface area contributed by atoms with Crippen LogP contribution in [0.2, 0.25) is 0 Å². The Balaban J connectivity index is 2.50. The highest BCUT2D eigenvalue weighted by molar-refractivity contribution is 4.88. The maximum absolute atomic E-state index is 2.61. The van der Waals surface area contributed by atoms with Gasteiger partial charge in [0, 0.05) is 30.2 Å². The Morgan fingerprint density at radius 2 is 1.38 bits per heavy atom. The molecule has 0 amide bonds. The Kier molecular flexibility index (Phi) is 4.07. The molecule has 1 rings (SSSR count). The molecular weight excluding hydrogens is 196 g/mol. The molecular formula is C14H30N2. The van der Waals surface area contributed by atoms with Crippen molar-refractivity contribution in [1.82, 2.24) is 9.80 Å². The third-order valence-electron chi connectivity index (χ3n) is 4.02. The van der Waals surface area contributed by atoms with Crippen molar-refractivity contribution >= 4 is 0 Å². The van der Waals surface area contributed by atoms with Crippen LogP contribution in [-0.4, -0.2) is 47.1 Å². The van der Waals surface area contributed by atoms with Crippen molar-refractivity contribution in [2.75, 3.05) is 20.1 Å². The van der Waals surface area contributed by atoms with Crippen LogP contribution >= 0.6 is 0 Å². The van der Waals surface area contributed by atoms with E-state index in [9.17, 15) is 0 Å². The molecule has 1 heterocycles. The summed E-state index contributed by atoms with van der Waals surface area (Å²) in [6.45, 7) is 16.4. The SMILES string of the molecule is CN(C1CCN(C(C)(C)C)CC1)C(C)(C)C. The monoisotopic (exact) mass is 226 g/mol. The van der Waals surface area contributed by atoms with Crippen molar-refractivity contribution in [3.8, 4) is 0 Å². The summed E-state index contributed by atoms with van der Waals surface area (Å²) >= 11 is 0. The molecule has 0 aliphatic carbocycles. The predicted molar refractivity (Wildman–Crippen MR) is 71.9 cm³/mol. The summed E-state index contributed by atoms with van der Waals surface area (Å²) in [6.07, 6.45) is 2.62. The molecule has 16 heavy (non-hydrogen) atoms. The summed E-state index contributed by atoms with van der Waals surface area (Å²) in [5, 5.41) is 0. The fraction of sp³-hybridized carbons (Fsp3) is 1.00. The van der Waals surface area contributed by atoms with E-state index < -0.39 is 0 Å². The van der Waals surface area contributed by atoms with Gasteiger partial charge < -0.3 is 0 Å². The molecule has 1 aliphatic heterocycles.